The number of nitrogens with zero attached hydrogens (tertiary/aromatic N) is 1. The minimum absolute atomic E-state index is 0.281. The normalized spacial score (nSPS) is 16.4. The standard InChI is InChI=1S/C20H17NO6S/c1-12(19(23)24)27-14-9-7-13(8-10-14)11-17-18(22)21(20(25)28-17)15-5-3-4-6-16(15)26-2/h3-12H,1-2H3,(H,23,24)/b17-11+. The number of hydrogen-bond donors (Lipinski definition) is 1. The quantitative estimate of drug-likeness (QED) is 0.739. The second kappa shape index (κ2) is 8.18. The summed E-state index contributed by atoms with van der Waals surface area (Å²) in [5.74, 6) is -0.664. The first-order valence-corrected chi connectivity index (χ1v) is 9.13. The van der Waals surface area contributed by atoms with Crippen LogP contribution >= 0.6 is 11.8 Å². The third-order valence-corrected chi connectivity index (χ3v) is 4.83. The summed E-state index contributed by atoms with van der Waals surface area (Å²) < 4.78 is 10.5. The van der Waals surface area contributed by atoms with Crippen molar-refractivity contribution in [3.8, 4) is 11.5 Å². The molecule has 144 valence electrons. The molecule has 0 bridgehead atoms. The molecule has 7 nitrogen and oxygen atoms in total. The van der Waals surface area contributed by atoms with Crippen LogP contribution < -0.4 is 14.4 Å². The molecule has 0 aliphatic carbocycles. The predicted octanol–water partition coefficient (Wildman–Crippen LogP) is 3.79. The minimum Gasteiger partial charge on any atom is -0.495 e. The van der Waals surface area contributed by atoms with Crippen molar-refractivity contribution in [3.05, 3.63) is 59.0 Å². The van der Waals surface area contributed by atoms with E-state index in [1.807, 2.05) is 0 Å². The van der Waals surface area contributed by atoms with E-state index in [4.69, 9.17) is 14.6 Å². The van der Waals surface area contributed by atoms with Gasteiger partial charge in [0, 0.05) is 0 Å². The molecule has 1 saturated heterocycles. The van der Waals surface area contributed by atoms with Gasteiger partial charge in [0.25, 0.3) is 11.1 Å². The van der Waals surface area contributed by atoms with Crippen LogP contribution in [-0.2, 0) is 9.59 Å². The van der Waals surface area contributed by atoms with Gasteiger partial charge in [0.15, 0.2) is 6.10 Å². The lowest BCUT2D eigenvalue weighted by Crippen LogP contribution is -2.28. The molecule has 8 heteroatoms. The summed E-state index contributed by atoms with van der Waals surface area (Å²) in [6.07, 6.45) is 0.633. The predicted molar refractivity (Wildman–Crippen MR) is 106 cm³/mol. The lowest BCUT2D eigenvalue weighted by atomic mass is 10.2. The third kappa shape index (κ3) is 4.01. The monoisotopic (exact) mass is 399 g/mol. The van der Waals surface area contributed by atoms with Gasteiger partial charge in [-0.1, -0.05) is 24.3 Å². The van der Waals surface area contributed by atoms with Crippen molar-refractivity contribution in [1.82, 2.24) is 0 Å². The lowest BCUT2D eigenvalue weighted by molar-refractivity contribution is -0.144. The minimum atomic E-state index is -1.06. The van der Waals surface area contributed by atoms with Crippen LogP contribution in [0.3, 0.4) is 0 Å². The van der Waals surface area contributed by atoms with E-state index in [1.54, 1.807) is 54.6 Å². The highest BCUT2D eigenvalue weighted by Crippen LogP contribution is 2.39. The summed E-state index contributed by atoms with van der Waals surface area (Å²) >= 11 is 0.843. The van der Waals surface area contributed by atoms with Gasteiger partial charge in [-0.25, -0.2) is 9.69 Å². The first kappa shape index (κ1) is 19.5. The number of hydrogen-bond acceptors (Lipinski definition) is 6. The highest BCUT2D eigenvalue weighted by molar-refractivity contribution is 8.19. The number of methoxy groups -OCH3 is 1. The van der Waals surface area contributed by atoms with Crippen LogP contribution in [-0.4, -0.2) is 35.4 Å². The number of carboxylic acid groups (broad SMARTS) is 1. The van der Waals surface area contributed by atoms with Crippen LogP contribution in [0, 0.1) is 0 Å². The Hall–Kier alpha value is -3.26. The summed E-state index contributed by atoms with van der Waals surface area (Å²) in [6, 6.07) is 13.4. The Bertz CT molecular complexity index is 953. The second-order valence-corrected chi connectivity index (χ2v) is 6.85. The van der Waals surface area contributed by atoms with Gasteiger partial charge >= 0.3 is 5.97 Å². The summed E-state index contributed by atoms with van der Waals surface area (Å²) in [4.78, 5) is 37.3. The molecule has 1 unspecified atom stereocenters. The van der Waals surface area contributed by atoms with Gasteiger partial charge in [0.2, 0.25) is 0 Å². The number of rotatable bonds is 6. The molecule has 1 fully saturated rings. The fourth-order valence-corrected chi connectivity index (χ4v) is 3.37. The Morgan fingerprint density at radius 2 is 1.82 bits per heavy atom. The highest BCUT2D eigenvalue weighted by Gasteiger charge is 2.37. The maximum absolute atomic E-state index is 12.7. The van der Waals surface area contributed by atoms with E-state index in [0.717, 1.165) is 16.7 Å². The fraction of sp³-hybridized carbons (Fsp3) is 0.150. The molecule has 0 saturated carbocycles. The smallest absolute Gasteiger partial charge is 0.344 e. The molecule has 3 rings (SSSR count). The number of carbonyl (C=O) groups is 3. The molecule has 2 aromatic rings. The highest BCUT2D eigenvalue weighted by atomic mass is 32.2. The first-order chi connectivity index (χ1) is 13.4. The maximum Gasteiger partial charge on any atom is 0.344 e. The zero-order chi connectivity index (χ0) is 20.3. The van der Waals surface area contributed by atoms with Gasteiger partial charge in [-0.2, -0.15) is 0 Å². The molecule has 1 aliphatic rings. The average molecular weight is 399 g/mol. The van der Waals surface area contributed by atoms with Crippen molar-refractivity contribution in [2.75, 3.05) is 12.0 Å². The van der Waals surface area contributed by atoms with E-state index in [0.29, 0.717) is 22.7 Å². The molecule has 0 radical (unpaired) electrons. The molecule has 2 aromatic carbocycles. The van der Waals surface area contributed by atoms with E-state index >= 15 is 0 Å². The number of benzene rings is 2. The van der Waals surface area contributed by atoms with Gasteiger partial charge in [0.1, 0.15) is 11.5 Å². The Morgan fingerprint density at radius 3 is 2.46 bits per heavy atom. The van der Waals surface area contributed by atoms with Gasteiger partial charge in [0.05, 0.1) is 17.7 Å². The molecule has 1 heterocycles. The Kier molecular flexibility index (Phi) is 5.70. The van der Waals surface area contributed by atoms with Crippen LogP contribution in [0.15, 0.2) is 53.4 Å². The number of thioether (sulfide) groups is 1. The Balaban J connectivity index is 1.81. The van der Waals surface area contributed by atoms with E-state index in [2.05, 4.69) is 0 Å². The molecule has 0 spiro atoms. The van der Waals surface area contributed by atoms with Crippen LogP contribution in [0.5, 0.6) is 11.5 Å². The van der Waals surface area contributed by atoms with E-state index in [1.165, 1.54) is 14.0 Å². The van der Waals surface area contributed by atoms with Crippen molar-refractivity contribution in [2.24, 2.45) is 0 Å². The number of imide groups is 1. The summed E-state index contributed by atoms with van der Waals surface area (Å²) in [5, 5.41) is 8.47. The summed E-state index contributed by atoms with van der Waals surface area (Å²) in [7, 11) is 1.47. The van der Waals surface area contributed by atoms with Crippen molar-refractivity contribution < 1.29 is 29.0 Å². The van der Waals surface area contributed by atoms with E-state index in [-0.39, 0.29) is 4.91 Å². The van der Waals surface area contributed by atoms with Gasteiger partial charge in [-0.3, -0.25) is 9.59 Å². The summed E-state index contributed by atoms with van der Waals surface area (Å²) in [6.45, 7) is 1.43. The first-order valence-electron chi connectivity index (χ1n) is 8.31. The van der Waals surface area contributed by atoms with Crippen molar-refractivity contribution in [1.29, 1.82) is 0 Å². The van der Waals surface area contributed by atoms with Crippen LogP contribution in [0.25, 0.3) is 6.08 Å². The molecular weight excluding hydrogens is 382 g/mol. The van der Waals surface area contributed by atoms with E-state index < -0.39 is 23.2 Å². The van der Waals surface area contributed by atoms with Crippen molar-refractivity contribution in [2.45, 2.75) is 13.0 Å². The van der Waals surface area contributed by atoms with Crippen LogP contribution in [0.1, 0.15) is 12.5 Å². The molecular formula is C20H17NO6S. The zero-order valence-corrected chi connectivity index (χ0v) is 15.9. The number of ether oxygens (including phenoxy) is 2. The average Bonchev–Trinajstić information content (AvgIpc) is 2.96. The number of anilines is 1. The fourth-order valence-electron chi connectivity index (χ4n) is 2.54. The lowest BCUT2D eigenvalue weighted by Gasteiger charge is -2.15. The molecule has 28 heavy (non-hydrogen) atoms. The van der Waals surface area contributed by atoms with Crippen LogP contribution in [0.4, 0.5) is 10.5 Å². The number of amides is 2. The van der Waals surface area contributed by atoms with Gasteiger partial charge in [-0.05, 0) is 54.6 Å². The molecule has 2 amide bonds. The van der Waals surface area contributed by atoms with Gasteiger partial charge in [-0.15, -0.1) is 0 Å². The zero-order valence-electron chi connectivity index (χ0n) is 15.1. The van der Waals surface area contributed by atoms with Crippen LogP contribution in [0.2, 0.25) is 0 Å². The maximum atomic E-state index is 12.7. The topological polar surface area (TPSA) is 93.1 Å². The molecule has 1 aliphatic heterocycles. The van der Waals surface area contributed by atoms with Crippen molar-refractivity contribution in [3.63, 3.8) is 0 Å². The largest absolute Gasteiger partial charge is 0.495 e. The SMILES string of the molecule is COc1ccccc1N1C(=O)S/C(=C/c2ccc(OC(C)C(=O)O)cc2)C1=O. The van der Waals surface area contributed by atoms with E-state index in [9.17, 15) is 14.4 Å². The summed E-state index contributed by atoms with van der Waals surface area (Å²) in [5.41, 5.74) is 1.07. The third-order valence-electron chi connectivity index (χ3n) is 3.96. The van der Waals surface area contributed by atoms with Gasteiger partial charge < -0.3 is 14.6 Å². The number of aliphatic carboxylic acids is 1. The molecule has 1 atom stereocenters. The number of para-hydroxylation sites is 2. The number of carbonyl (C=O) groups excluding carboxylic acids is 2. The molecule has 1 N–H and O–H groups in total. The Labute approximate surface area is 165 Å². The Morgan fingerprint density at radius 1 is 1.14 bits per heavy atom. The van der Waals surface area contributed by atoms with Crippen molar-refractivity contribution >= 4 is 40.6 Å². The second-order valence-electron chi connectivity index (χ2n) is 5.86. The molecule has 0 aromatic heterocycles. The number of carboxylic acids is 1.